The highest BCUT2D eigenvalue weighted by atomic mass is 19.1. The molecule has 0 N–H and O–H groups in total. The number of halogens is 2. The van der Waals surface area contributed by atoms with Gasteiger partial charge in [-0.2, -0.15) is 4.98 Å². The second-order valence-corrected chi connectivity index (χ2v) is 6.76. The molecule has 0 radical (unpaired) electrons. The lowest BCUT2D eigenvalue weighted by Crippen LogP contribution is -2.24. The molecule has 6 heteroatoms. The zero-order chi connectivity index (χ0) is 19.4. The molecule has 142 valence electrons. The molecule has 0 aliphatic heterocycles. The lowest BCUT2D eigenvalue weighted by atomic mass is 10.1. The van der Waals surface area contributed by atoms with Gasteiger partial charge in [-0.3, -0.25) is 4.90 Å². The third kappa shape index (κ3) is 4.57. The van der Waals surface area contributed by atoms with E-state index >= 15 is 0 Å². The SMILES string of the molecule is Cc1ccc(-c2noc(CCCN(C)C(C)c3ccccc3F)n2)cc1F. The molecule has 0 amide bonds. The van der Waals surface area contributed by atoms with Crippen LogP contribution in [0.3, 0.4) is 0 Å². The maximum atomic E-state index is 13.9. The molecule has 1 atom stereocenters. The number of benzene rings is 2. The number of rotatable bonds is 7. The van der Waals surface area contributed by atoms with Crippen LogP contribution >= 0.6 is 0 Å². The summed E-state index contributed by atoms with van der Waals surface area (Å²) in [4.78, 5) is 6.43. The van der Waals surface area contributed by atoms with Crippen LogP contribution < -0.4 is 0 Å². The normalized spacial score (nSPS) is 12.5. The molecule has 0 bridgehead atoms. The topological polar surface area (TPSA) is 42.2 Å². The van der Waals surface area contributed by atoms with E-state index in [0.717, 1.165) is 13.0 Å². The monoisotopic (exact) mass is 371 g/mol. The fourth-order valence-electron chi connectivity index (χ4n) is 2.93. The first-order chi connectivity index (χ1) is 13.0. The number of aromatic nitrogens is 2. The van der Waals surface area contributed by atoms with E-state index in [1.807, 2.05) is 26.1 Å². The van der Waals surface area contributed by atoms with Crippen molar-refractivity contribution in [3.63, 3.8) is 0 Å². The molecule has 3 aromatic rings. The molecule has 0 saturated carbocycles. The fourth-order valence-corrected chi connectivity index (χ4v) is 2.93. The second-order valence-electron chi connectivity index (χ2n) is 6.76. The average Bonchev–Trinajstić information content (AvgIpc) is 3.12. The van der Waals surface area contributed by atoms with E-state index in [1.54, 1.807) is 25.1 Å². The molecule has 1 aromatic heterocycles. The highest BCUT2D eigenvalue weighted by molar-refractivity contribution is 5.54. The molecule has 1 unspecified atom stereocenters. The zero-order valence-corrected chi connectivity index (χ0v) is 15.7. The van der Waals surface area contributed by atoms with Gasteiger partial charge in [0, 0.05) is 23.6 Å². The van der Waals surface area contributed by atoms with E-state index in [2.05, 4.69) is 15.0 Å². The molecule has 27 heavy (non-hydrogen) atoms. The van der Waals surface area contributed by atoms with Gasteiger partial charge in [-0.05, 0) is 51.6 Å². The predicted molar refractivity (Wildman–Crippen MR) is 100 cm³/mol. The Hall–Kier alpha value is -2.60. The third-order valence-corrected chi connectivity index (χ3v) is 4.82. The molecule has 0 spiro atoms. The van der Waals surface area contributed by atoms with E-state index in [0.29, 0.717) is 34.8 Å². The Morgan fingerprint density at radius 3 is 2.63 bits per heavy atom. The van der Waals surface area contributed by atoms with Gasteiger partial charge in [0.05, 0.1) is 0 Å². The summed E-state index contributed by atoms with van der Waals surface area (Å²) in [5, 5.41) is 3.93. The van der Waals surface area contributed by atoms with Crippen LogP contribution in [0.2, 0.25) is 0 Å². The van der Waals surface area contributed by atoms with Crippen molar-refractivity contribution in [3.05, 3.63) is 71.1 Å². The minimum absolute atomic E-state index is 0.0278. The molecule has 2 aromatic carbocycles. The first-order valence-corrected chi connectivity index (χ1v) is 8.99. The van der Waals surface area contributed by atoms with Crippen molar-refractivity contribution in [2.45, 2.75) is 32.7 Å². The zero-order valence-electron chi connectivity index (χ0n) is 15.7. The molecular formula is C21H23F2N3O. The molecule has 0 aliphatic rings. The molecule has 0 fully saturated rings. The van der Waals surface area contributed by atoms with Crippen molar-refractivity contribution < 1.29 is 13.3 Å². The van der Waals surface area contributed by atoms with Crippen LogP contribution in [-0.2, 0) is 6.42 Å². The van der Waals surface area contributed by atoms with Crippen molar-refractivity contribution in [2.24, 2.45) is 0 Å². The number of hydrogen-bond acceptors (Lipinski definition) is 4. The summed E-state index contributed by atoms with van der Waals surface area (Å²) in [7, 11) is 1.96. The van der Waals surface area contributed by atoms with E-state index in [4.69, 9.17) is 4.52 Å². The van der Waals surface area contributed by atoms with Gasteiger partial charge in [-0.1, -0.05) is 35.5 Å². The third-order valence-electron chi connectivity index (χ3n) is 4.82. The standard InChI is InChI=1S/C21H23F2N3O/c1-14-10-11-16(13-19(14)23)21-24-20(27-25-21)9-6-12-26(3)15(2)17-7-4-5-8-18(17)22/h4-5,7-8,10-11,13,15H,6,9,12H2,1-3H3. The summed E-state index contributed by atoms with van der Waals surface area (Å²) in [5.41, 5.74) is 1.86. The summed E-state index contributed by atoms with van der Waals surface area (Å²) in [6, 6.07) is 11.7. The van der Waals surface area contributed by atoms with Crippen molar-refractivity contribution in [1.29, 1.82) is 0 Å². The maximum absolute atomic E-state index is 13.9. The quantitative estimate of drug-likeness (QED) is 0.589. The Bertz CT molecular complexity index is 910. The Kier molecular flexibility index (Phi) is 5.96. The van der Waals surface area contributed by atoms with Crippen LogP contribution in [0.15, 0.2) is 47.0 Å². The van der Waals surface area contributed by atoms with E-state index in [1.165, 1.54) is 12.1 Å². The fraction of sp³-hybridized carbons (Fsp3) is 0.333. The van der Waals surface area contributed by atoms with Crippen LogP contribution in [0.25, 0.3) is 11.4 Å². The molecule has 1 heterocycles. The second kappa shape index (κ2) is 8.39. The largest absolute Gasteiger partial charge is 0.339 e. The van der Waals surface area contributed by atoms with Crippen molar-refractivity contribution in [2.75, 3.05) is 13.6 Å². The summed E-state index contributed by atoms with van der Waals surface area (Å²) in [6.07, 6.45) is 1.40. The predicted octanol–water partition coefficient (Wildman–Crippen LogP) is 4.95. The van der Waals surface area contributed by atoms with Crippen molar-refractivity contribution >= 4 is 0 Å². The van der Waals surface area contributed by atoms with Crippen LogP contribution in [0.4, 0.5) is 8.78 Å². The van der Waals surface area contributed by atoms with Gasteiger partial charge in [0.1, 0.15) is 11.6 Å². The highest BCUT2D eigenvalue weighted by Gasteiger charge is 2.16. The van der Waals surface area contributed by atoms with Gasteiger partial charge in [0.25, 0.3) is 0 Å². The van der Waals surface area contributed by atoms with Crippen LogP contribution in [0, 0.1) is 18.6 Å². The molecule has 0 aliphatic carbocycles. The van der Waals surface area contributed by atoms with Crippen LogP contribution in [-0.4, -0.2) is 28.6 Å². The van der Waals surface area contributed by atoms with Gasteiger partial charge >= 0.3 is 0 Å². The van der Waals surface area contributed by atoms with Gasteiger partial charge in [0.2, 0.25) is 11.7 Å². The number of hydrogen-bond donors (Lipinski definition) is 0. The van der Waals surface area contributed by atoms with Gasteiger partial charge in [-0.15, -0.1) is 0 Å². The van der Waals surface area contributed by atoms with E-state index in [-0.39, 0.29) is 17.7 Å². The van der Waals surface area contributed by atoms with Crippen molar-refractivity contribution in [1.82, 2.24) is 15.0 Å². The minimum atomic E-state index is -0.289. The summed E-state index contributed by atoms with van der Waals surface area (Å²) >= 11 is 0. The summed E-state index contributed by atoms with van der Waals surface area (Å²) < 4.78 is 32.9. The molecule has 3 rings (SSSR count). The Morgan fingerprint density at radius 2 is 1.89 bits per heavy atom. The molecular weight excluding hydrogens is 348 g/mol. The van der Waals surface area contributed by atoms with Crippen molar-refractivity contribution in [3.8, 4) is 11.4 Å². The maximum Gasteiger partial charge on any atom is 0.227 e. The van der Waals surface area contributed by atoms with E-state index in [9.17, 15) is 8.78 Å². The van der Waals surface area contributed by atoms with Crippen LogP contribution in [0.1, 0.15) is 36.4 Å². The van der Waals surface area contributed by atoms with Gasteiger partial charge in [0.15, 0.2) is 0 Å². The number of nitrogens with zero attached hydrogens (tertiary/aromatic N) is 3. The summed E-state index contributed by atoms with van der Waals surface area (Å²) in [6.45, 7) is 4.45. The molecule has 0 saturated heterocycles. The smallest absolute Gasteiger partial charge is 0.227 e. The Balaban J connectivity index is 1.56. The lowest BCUT2D eigenvalue weighted by Gasteiger charge is -2.25. The Morgan fingerprint density at radius 1 is 1.11 bits per heavy atom. The first-order valence-electron chi connectivity index (χ1n) is 8.99. The number of aryl methyl sites for hydroxylation is 2. The van der Waals surface area contributed by atoms with Gasteiger partial charge < -0.3 is 4.52 Å². The Labute approximate surface area is 157 Å². The van der Waals surface area contributed by atoms with Gasteiger partial charge in [-0.25, -0.2) is 8.78 Å². The minimum Gasteiger partial charge on any atom is -0.339 e. The molecule has 4 nitrogen and oxygen atoms in total. The van der Waals surface area contributed by atoms with E-state index < -0.39 is 0 Å². The summed E-state index contributed by atoms with van der Waals surface area (Å²) in [5.74, 6) is 0.418. The van der Waals surface area contributed by atoms with Crippen LogP contribution in [0.5, 0.6) is 0 Å². The average molecular weight is 371 g/mol. The lowest BCUT2D eigenvalue weighted by molar-refractivity contribution is 0.249. The first kappa shape index (κ1) is 19.2. The highest BCUT2D eigenvalue weighted by Crippen LogP contribution is 2.22.